The quantitative estimate of drug-likeness (QED) is 0.0774. The van der Waals surface area contributed by atoms with Crippen molar-refractivity contribution in [2.45, 2.75) is 26.7 Å². The fraction of sp³-hybridized carbons (Fsp3) is 0.375. The minimum atomic E-state index is 0.199. The summed E-state index contributed by atoms with van der Waals surface area (Å²) in [5.74, 6) is 4.55. The van der Waals surface area contributed by atoms with E-state index in [2.05, 4.69) is 0 Å². The minimum absolute atomic E-state index is 0.199. The highest BCUT2D eigenvalue weighted by molar-refractivity contribution is 7.08. The first-order valence-electron chi connectivity index (χ1n) is 13.8. The molecule has 2 heterocycles. The van der Waals surface area contributed by atoms with Gasteiger partial charge in [0.1, 0.15) is 34.5 Å². The number of rotatable bonds is 19. The van der Waals surface area contributed by atoms with Gasteiger partial charge in [0.05, 0.1) is 27.4 Å². The molecule has 226 valence electrons. The summed E-state index contributed by atoms with van der Waals surface area (Å²) < 4.78 is 45.8. The Morgan fingerprint density at radius 1 is 0.524 bits per heavy atom. The van der Waals surface area contributed by atoms with Crippen molar-refractivity contribution in [2.24, 2.45) is 0 Å². The predicted molar refractivity (Wildman–Crippen MR) is 167 cm³/mol. The Balaban J connectivity index is 1.36. The van der Waals surface area contributed by atoms with Gasteiger partial charge >= 0.3 is 0 Å². The zero-order valence-corrected chi connectivity index (χ0v) is 26.1. The van der Waals surface area contributed by atoms with Crippen molar-refractivity contribution in [2.75, 3.05) is 54.2 Å². The SMILES string of the molecule is CCOCOc1cscc1-c1cc(OC)ccc1OCCCCOc1ccc(OC)cc1-c1cscc1OCOCC. The van der Waals surface area contributed by atoms with E-state index in [4.69, 9.17) is 37.9 Å². The minimum Gasteiger partial charge on any atom is -0.497 e. The molecule has 4 aromatic rings. The average molecular weight is 615 g/mol. The molecular formula is C32H38O8S2. The second kappa shape index (κ2) is 16.9. The van der Waals surface area contributed by atoms with Crippen LogP contribution in [0.15, 0.2) is 57.9 Å². The van der Waals surface area contributed by atoms with Gasteiger partial charge in [-0.1, -0.05) is 0 Å². The molecule has 0 fully saturated rings. The van der Waals surface area contributed by atoms with Crippen LogP contribution < -0.4 is 28.4 Å². The molecule has 0 saturated carbocycles. The Hall–Kier alpha value is -3.44. The summed E-state index contributed by atoms with van der Waals surface area (Å²) in [6.45, 7) is 6.53. The van der Waals surface area contributed by atoms with Crippen LogP contribution >= 0.6 is 22.7 Å². The van der Waals surface area contributed by atoms with E-state index in [1.54, 1.807) is 36.9 Å². The van der Waals surface area contributed by atoms with Crippen LogP contribution in [0.2, 0.25) is 0 Å². The van der Waals surface area contributed by atoms with Crippen LogP contribution in [0.5, 0.6) is 34.5 Å². The molecule has 0 amide bonds. The highest BCUT2D eigenvalue weighted by atomic mass is 32.1. The maximum atomic E-state index is 6.23. The summed E-state index contributed by atoms with van der Waals surface area (Å²) in [4.78, 5) is 0. The van der Waals surface area contributed by atoms with E-state index >= 15 is 0 Å². The van der Waals surface area contributed by atoms with E-state index in [9.17, 15) is 0 Å². The molecule has 0 radical (unpaired) electrons. The van der Waals surface area contributed by atoms with Crippen LogP contribution in [-0.2, 0) is 9.47 Å². The van der Waals surface area contributed by atoms with Crippen molar-refractivity contribution >= 4 is 22.7 Å². The van der Waals surface area contributed by atoms with Gasteiger partial charge in [-0.15, -0.1) is 22.7 Å². The van der Waals surface area contributed by atoms with Crippen LogP contribution in [-0.4, -0.2) is 54.2 Å². The maximum absolute atomic E-state index is 6.23. The molecule has 2 aromatic carbocycles. The fourth-order valence-electron chi connectivity index (χ4n) is 4.08. The largest absolute Gasteiger partial charge is 0.497 e. The lowest BCUT2D eigenvalue weighted by atomic mass is 10.1. The lowest BCUT2D eigenvalue weighted by molar-refractivity contribution is 0.0228. The number of thiophene rings is 2. The topological polar surface area (TPSA) is 73.8 Å². The molecule has 0 bridgehead atoms. The van der Waals surface area contributed by atoms with Gasteiger partial charge in [-0.25, -0.2) is 0 Å². The number of ether oxygens (including phenoxy) is 8. The van der Waals surface area contributed by atoms with E-state index < -0.39 is 0 Å². The lowest BCUT2D eigenvalue weighted by Gasteiger charge is -2.15. The summed E-state index contributed by atoms with van der Waals surface area (Å²) in [6.07, 6.45) is 1.63. The monoisotopic (exact) mass is 614 g/mol. The zero-order valence-electron chi connectivity index (χ0n) is 24.5. The first-order valence-corrected chi connectivity index (χ1v) is 15.7. The van der Waals surface area contributed by atoms with Crippen LogP contribution in [0, 0.1) is 0 Å². The second-order valence-electron chi connectivity index (χ2n) is 8.94. The first-order chi connectivity index (χ1) is 20.7. The summed E-state index contributed by atoms with van der Waals surface area (Å²) in [7, 11) is 3.31. The number of methoxy groups -OCH3 is 2. The fourth-order valence-corrected chi connectivity index (χ4v) is 5.61. The van der Waals surface area contributed by atoms with Gasteiger partial charge in [0.25, 0.3) is 0 Å². The molecule has 42 heavy (non-hydrogen) atoms. The standard InChI is InChI=1S/C32H38O8S2/c1-5-35-21-39-31-19-41-17-27(31)25-15-23(33-3)9-11-29(25)37-13-7-8-14-38-30-12-10-24(34-4)16-26(30)28-18-42-20-32(28)40-22-36-6-2/h9-12,15-20H,5-8,13-14,21-22H2,1-4H3. The van der Waals surface area contributed by atoms with Gasteiger partial charge in [0.2, 0.25) is 0 Å². The van der Waals surface area contributed by atoms with Gasteiger partial charge < -0.3 is 37.9 Å². The second-order valence-corrected chi connectivity index (χ2v) is 10.4. The highest BCUT2D eigenvalue weighted by Crippen LogP contribution is 2.42. The van der Waals surface area contributed by atoms with Crippen molar-refractivity contribution in [1.82, 2.24) is 0 Å². The van der Waals surface area contributed by atoms with Gasteiger partial charge in [0, 0.05) is 57.0 Å². The Morgan fingerprint density at radius 2 is 0.976 bits per heavy atom. The summed E-state index contributed by atoms with van der Waals surface area (Å²) in [5, 5.41) is 8.02. The van der Waals surface area contributed by atoms with E-state index in [0.29, 0.717) is 26.4 Å². The van der Waals surface area contributed by atoms with Crippen molar-refractivity contribution in [3.05, 3.63) is 57.9 Å². The predicted octanol–water partition coefficient (Wildman–Crippen LogP) is 8.14. The Labute approximate surface area is 255 Å². The van der Waals surface area contributed by atoms with Crippen molar-refractivity contribution in [1.29, 1.82) is 0 Å². The van der Waals surface area contributed by atoms with Gasteiger partial charge in [-0.3, -0.25) is 0 Å². The van der Waals surface area contributed by atoms with Crippen molar-refractivity contribution in [3.63, 3.8) is 0 Å². The van der Waals surface area contributed by atoms with Crippen molar-refractivity contribution in [3.8, 4) is 56.8 Å². The van der Waals surface area contributed by atoms with Crippen LogP contribution in [0.25, 0.3) is 22.3 Å². The number of hydrogen-bond acceptors (Lipinski definition) is 10. The van der Waals surface area contributed by atoms with Crippen LogP contribution in [0.3, 0.4) is 0 Å². The molecule has 0 saturated heterocycles. The number of unbranched alkanes of at least 4 members (excludes halogenated alkanes) is 1. The molecule has 4 rings (SSSR count). The summed E-state index contributed by atoms with van der Waals surface area (Å²) in [5.41, 5.74) is 3.72. The summed E-state index contributed by atoms with van der Waals surface area (Å²) in [6, 6.07) is 11.6. The average Bonchev–Trinajstić information content (AvgIpc) is 3.69. The molecule has 0 spiro atoms. The first kappa shape index (κ1) is 31.5. The summed E-state index contributed by atoms with van der Waals surface area (Å²) >= 11 is 3.13. The molecule has 0 aliphatic carbocycles. The van der Waals surface area contributed by atoms with E-state index in [-0.39, 0.29) is 13.6 Å². The van der Waals surface area contributed by atoms with E-state index in [1.165, 1.54) is 0 Å². The molecule has 8 nitrogen and oxygen atoms in total. The number of hydrogen-bond donors (Lipinski definition) is 0. The van der Waals surface area contributed by atoms with Crippen LogP contribution in [0.4, 0.5) is 0 Å². The highest BCUT2D eigenvalue weighted by Gasteiger charge is 2.16. The molecule has 2 aromatic heterocycles. The molecule has 0 unspecified atom stereocenters. The van der Waals surface area contributed by atoms with Gasteiger partial charge in [-0.05, 0) is 63.1 Å². The third kappa shape index (κ3) is 8.54. The smallest absolute Gasteiger partial charge is 0.189 e. The molecule has 10 heteroatoms. The number of benzene rings is 2. The molecule has 0 atom stereocenters. The van der Waals surface area contributed by atoms with Gasteiger partial charge in [-0.2, -0.15) is 0 Å². The normalized spacial score (nSPS) is 10.9. The molecule has 0 N–H and O–H groups in total. The Kier molecular flexibility index (Phi) is 12.6. The lowest BCUT2D eigenvalue weighted by Crippen LogP contribution is -2.05. The van der Waals surface area contributed by atoms with E-state index in [1.807, 2.05) is 71.8 Å². The molecular weight excluding hydrogens is 576 g/mol. The van der Waals surface area contributed by atoms with E-state index in [0.717, 1.165) is 69.6 Å². The maximum Gasteiger partial charge on any atom is 0.189 e. The third-order valence-corrected chi connectivity index (χ3v) is 7.71. The molecule has 0 aliphatic heterocycles. The zero-order chi connectivity index (χ0) is 29.6. The van der Waals surface area contributed by atoms with Gasteiger partial charge in [0.15, 0.2) is 13.6 Å². The molecule has 0 aliphatic rings. The van der Waals surface area contributed by atoms with Crippen LogP contribution in [0.1, 0.15) is 26.7 Å². The third-order valence-electron chi connectivity index (χ3n) is 6.26. The van der Waals surface area contributed by atoms with Crippen molar-refractivity contribution < 1.29 is 37.9 Å². The Morgan fingerprint density at radius 3 is 1.38 bits per heavy atom. The Bertz CT molecular complexity index is 1260.